The number of nitrogens with zero attached hydrogens (tertiary/aromatic N) is 5. The van der Waals surface area contributed by atoms with E-state index in [9.17, 15) is 29.3 Å². The van der Waals surface area contributed by atoms with E-state index >= 15 is 0 Å². The number of esters is 1. The van der Waals surface area contributed by atoms with E-state index < -0.39 is 112 Å². The molecule has 0 radical (unpaired) electrons. The number of cyclic esters (lactones) is 1. The number of alkyl halides is 2. The van der Waals surface area contributed by atoms with Crippen LogP contribution in [0.5, 0.6) is 0 Å². The molecule has 0 bridgehead atoms. The van der Waals surface area contributed by atoms with Crippen molar-refractivity contribution in [2.75, 3.05) is 48.7 Å². The minimum Gasteiger partial charge on any atom is -0.448 e. The summed E-state index contributed by atoms with van der Waals surface area (Å²) in [4.78, 5) is 35.3. The summed E-state index contributed by atoms with van der Waals surface area (Å²) in [7, 11) is 7.89. The maximum absolute atomic E-state index is 14.6. The molecule has 3 saturated heterocycles. The molecule has 1 aromatic carbocycles. The average molecular weight is 1150 g/mol. The summed E-state index contributed by atoms with van der Waals surface area (Å²) >= 11 is 1.82. The predicted octanol–water partition coefficient (Wildman–Crippen LogP) is 5.07. The van der Waals surface area contributed by atoms with Gasteiger partial charge >= 0.3 is 5.97 Å². The molecule has 2 aromatic rings. The molecular formula is C51H82FIN6O14. The molecule has 414 valence electrons. The van der Waals surface area contributed by atoms with Crippen LogP contribution in [-0.2, 0) is 52.3 Å². The van der Waals surface area contributed by atoms with Crippen molar-refractivity contribution < 1.29 is 72.0 Å². The van der Waals surface area contributed by atoms with E-state index in [0.717, 1.165) is 5.69 Å². The van der Waals surface area contributed by atoms with Gasteiger partial charge in [-0.2, -0.15) is 0 Å². The maximum Gasteiger partial charge on any atom is 0.312 e. The van der Waals surface area contributed by atoms with E-state index in [1.54, 1.807) is 64.0 Å². The van der Waals surface area contributed by atoms with Gasteiger partial charge in [-0.1, -0.05) is 43.3 Å². The zero-order chi connectivity index (χ0) is 54.2. The summed E-state index contributed by atoms with van der Waals surface area (Å²) in [6.07, 6.45) is -3.12. The highest BCUT2D eigenvalue weighted by molar-refractivity contribution is 14.1. The van der Waals surface area contributed by atoms with Gasteiger partial charge < -0.3 is 68.3 Å². The second-order valence-corrected chi connectivity index (χ2v) is 22.1. The van der Waals surface area contributed by atoms with E-state index in [1.165, 1.54) is 28.3 Å². The Kier molecular flexibility index (Phi) is 22.0. The molecule has 5 rings (SSSR count). The minimum atomic E-state index is -1.94. The van der Waals surface area contributed by atoms with Gasteiger partial charge in [0.25, 0.3) is 0 Å². The van der Waals surface area contributed by atoms with Crippen LogP contribution in [-0.4, -0.2) is 184 Å². The summed E-state index contributed by atoms with van der Waals surface area (Å²) in [6.45, 7) is 15.5. The normalized spacial score (nSPS) is 38.6. The molecule has 20 nitrogen and oxygen atoms in total. The lowest BCUT2D eigenvalue weighted by molar-refractivity contribution is -0.309. The Balaban J connectivity index is 1.42. The fraction of sp³-hybridized carbons (Fsp3) is 0.784. The van der Waals surface area contributed by atoms with Crippen molar-refractivity contribution in [2.45, 2.75) is 183 Å². The highest BCUT2D eigenvalue weighted by atomic mass is 127. The Labute approximate surface area is 443 Å². The number of aromatic nitrogens is 3. The smallest absolute Gasteiger partial charge is 0.312 e. The molecule has 4 heterocycles. The van der Waals surface area contributed by atoms with Crippen molar-refractivity contribution >= 4 is 40.2 Å². The van der Waals surface area contributed by atoms with Gasteiger partial charge in [-0.05, 0) is 102 Å². The van der Waals surface area contributed by atoms with E-state index in [-0.39, 0.29) is 37.3 Å². The largest absolute Gasteiger partial charge is 0.448 e. The maximum atomic E-state index is 14.6. The molecule has 0 saturated carbocycles. The molecule has 4 N–H and O–H groups in total. The van der Waals surface area contributed by atoms with Crippen LogP contribution in [0, 0.1) is 23.7 Å². The van der Waals surface area contributed by atoms with Crippen LogP contribution < -0.4 is 5.32 Å². The second-order valence-electron chi connectivity index (χ2n) is 20.9. The molecule has 3 fully saturated rings. The summed E-state index contributed by atoms with van der Waals surface area (Å²) in [6, 6.07) is 6.19. The topological polar surface area (TPSA) is 236 Å². The second kappa shape index (κ2) is 26.4. The third kappa shape index (κ3) is 14.5. The van der Waals surface area contributed by atoms with Gasteiger partial charge in [0.2, 0.25) is 5.91 Å². The lowest BCUT2D eigenvalue weighted by Crippen LogP contribution is -2.60. The lowest BCUT2D eigenvalue weighted by atomic mass is 9.74. The number of carbonyl (C=O) groups is 2. The first-order valence-corrected chi connectivity index (χ1v) is 26.4. The fourth-order valence-corrected chi connectivity index (χ4v) is 11.4. The number of ether oxygens (including phenoxy) is 8. The molecular weight excluding hydrogens is 1070 g/mol. The van der Waals surface area contributed by atoms with Crippen LogP contribution >= 0.6 is 22.6 Å². The molecule has 22 heteroatoms. The first-order chi connectivity index (χ1) is 34.4. The van der Waals surface area contributed by atoms with Gasteiger partial charge in [0.15, 0.2) is 16.7 Å². The quantitative estimate of drug-likeness (QED) is 0.0701. The SMILES string of the molecule is CO/N=C1/[C@H](C)C[C@@](C)(OC)[C@H](O[C@H]2C[C@@H](N(C)CCC(=O)N[C@H](CF)[C@H](OC)c3ccc(-n4ccnn4)cc3)C[C@@H](C)O2)[C@@H](C)[C@H](O[C@H]2C[C@@](C)(OC)[C@@H](O)[C@H](C)O2)[C@@H](C)C(=O)O[C@H](I)[C@@](C)(O)[C@H](O)[C@H]1C. The number of benzene rings is 1. The third-order valence-electron chi connectivity index (χ3n) is 15.5. The van der Waals surface area contributed by atoms with Crippen molar-refractivity contribution in [1.82, 2.24) is 25.2 Å². The first-order valence-electron chi connectivity index (χ1n) is 25.2. The molecule has 3 aliphatic rings. The standard InChI is InChI=1S/C51H82FIN6O14/c1-28-25-50(8,67-13)46(31(4)42(71-40-26-49(7,66-12)45(62)33(6)70-40)32(5)47(63)73-48(53)51(9,64)44(61)30(3)41(28)56-68-14)72-39-24-36(23-29(2)69-39)58(10)21-19-38(60)55-37(27-52)43(65-11)34-15-17-35(18-16-34)59-22-20-54-57-59/h15-18,20,22,28-33,36-37,39-40,42-46,48,61-62,64H,19,21,23-27H2,1-14H3,(H,55,60)/b56-41-/t28-,29-,30+,31+,32-,33+,36+,37-,39+,40+,42+,43-,44-,45+,46-,48+,49-,50-,51+/m1/s1. The number of halogens is 2. The summed E-state index contributed by atoms with van der Waals surface area (Å²) in [5.41, 5.74) is -2.29. The van der Waals surface area contributed by atoms with Gasteiger partial charge in [0.05, 0.1) is 77.5 Å². The minimum absolute atomic E-state index is 0.0746. The number of aliphatic hydroxyl groups excluding tert-OH is 2. The van der Waals surface area contributed by atoms with Crippen LogP contribution in [0.1, 0.15) is 106 Å². The highest BCUT2D eigenvalue weighted by Gasteiger charge is 2.53. The zero-order valence-corrected chi connectivity index (χ0v) is 47.1. The molecule has 0 unspecified atom stereocenters. The number of nitrogens with one attached hydrogen (secondary N) is 1. The van der Waals surface area contributed by atoms with Gasteiger partial charge in [0.1, 0.15) is 31.6 Å². The van der Waals surface area contributed by atoms with Crippen molar-refractivity contribution in [3.8, 4) is 5.69 Å². The fourth-order valence-electron chi connectivity index (χ4n) is 10.8. The first kappa shape index (κ1) is 60.9. The van der Waals surface area contributed by atoms with Gasteiger partial charge in [0, 0.05) is 70.9 Å². The summed E-state index contributed by atoms with van der Waals surface area (Å²) < 4.78 is 65.9. The molecule has 73 heavy (non-hydrogen) atoms. The number of oxime groups is 1. The van der Waals surface area contributed by atoms with Gasteiger partial charge in [-0.25, -0.2) is 9.07 Å². The van der Waals surface area contributed by atoms with Crippen molar-refractivity contribution in [2.24, 2.45) is 28.8 Å². The molecule has 0 spiro atoms. The van der Waals surface area contributed by atoms with Gasteiger partial charge in [-0.3, -0.25) is 9.59 Å². The predicted molar refractivity (Wildman–Crippen MR) is 275 cm³/mol. The Morgan fingerprint density at radius 3 is 2.22 bits per heavy atom. The van der Waals surface area contributed by atoms with E-state index in [1.807, 2.05) is 69.5 Å². The molecule has 19 atom stereocenters. The number of rotatable bonds is 17. The number of amides is 1. The van der Waals surface area contributed by atoms with Crippen molar-refractivity contribution in [1.29, 1.82) is 0 Å². The van der Waals surface area contributed by atoms with Crippen LogP contribution in [0.25, 0.3) is 5.69 Å². The average Bonchev–Trinajstić information content (AvgIpc) is 3.91. The van der Waals surface area contributed by atoms with Gasteiger partial charge in [-0.15, -0.1) is 5.10 Å². The molecule has 3 aliphatic heterocycles. The zero-order valence-electron chi connectivity index (χ0n) is 45.0. The highest BCUT2D eigenvalue weighted by Crippen LogP contribution is 2.42. The molecule has 1 amide bonds. The van der Waals surface area contributed by atoms with Crippen LogP contribution in [0.2, 0.25) is 0 Å². The monoisotopic (exact) mass is 1150 g/mol. The molecule has 1 aromatic heterocycles. The summed E-state index contributed by atoms with van der Waals surface area (Å²) in [5, 5.41) is 49.8. The van der Waals surface area contributed by atoms with E-state index in [4.69, 9.17) is 42.7 Å². The van der Waals surface area contributed by atoms with E-state index in [0.29, 0.717) is 30.7 Å². The Bertz CT molecular complexity index is 2080. The van der Waals surface area contributed by atoms with Crippen LogP contribution in [0.15, 0.2) is 41.8 Å². The van der Waals surface area contributed by atoms with Crippen molar-refractivity contribution in [3.63, 3.8) is 0 Å². The van der Waals surface area contributed by atoms with Crippen LogP contribution in [0.3, 0.4) is 0 Å². The van der Waals surface area contributed by atoms with Crippen molar-refractivity contribution in [3.05, 3.63) is 42.2 Å². The Morgan fingerprint density at radius 2 is 1.63 bits per heavy atom. The molecule has 0 aliphatic carbocycles. The number of methoxy groups -OCH3 is 3. The number of carbonyl (C=O) groups excluding carboxylic acids is 2. The summed E-state index contributed by atoms with van der Waals surface area (Å²) in [5.74, 6) is -3.98. The third-order valence-corrected chi connectivity index (χ3v) is 17.0. The Morgan fingerprint density at radius 1 is 0.959 bits per heavy atom. The van der Waals surface area contributed by atoms with E-state index in [2.05, 4.69) is 25.7 Å². The number of hydrogen-bond acceptors (Lipinski definition) is 18. The van der Waals surface area contributed by atoms with Crippen LogP contribution in [0.4, 0.5) is 4.39 Å². The number of hydrogen-bond donors (Lipinski definition) is 4. The lowest BCUT2D eigenvalue weighted by Gasteiger charge is -2.49. The number of aliphatic hydroxyl groups is 3. The Hall–Kier alpha value is -3.01.